The number of carbonyl (C=O) groups excluding carboxylic acids is 4. The van der Waals surface area contributed by atoms with Crippen LogP contribution in [0.15, 0.2) is 132 Å². The molecule has 5 rings (SSSR count). The van der Waals surface area contributed by atoms with E-state index in [1.54, 1.807) is 84.9 Å². The number of anilines is 2. The summed E-state index contributed by atoms with van der Waals surface area (Å²) >= 11 is 1.29. The predicted molar refractivity (Wildman–Crippen MR) is 202 cm³/mol. The third kappa shape index (κ3) is 9.37. The third-order valence-corrected chi connectivity index (χ3v) is 8.90. The summed E-state index contributed by atoms with van der Waals surface area (Å²) in [6.07, 6.45) is 1.50. The molecular weight excluding hydrogens is 681 g/mol. The van der Waals surface area contributed by atoms with E-state index < -0.39 is 23.0 Å². The summed E-state index contributed by atoms with van der Waals surface area (Å²) in [5, 5.41) is 7.84. The van der Waals surface area contributed by atoms with Crippen molar-refractivity contribution in [3.8, 4) is 17.2 Å². The molecule has 0 aliphatic carbocycles. The maximum absolute atomic E-state index is 13.9. The summed E-state index contributed by atoms with van der Waals surface area (Å²) in [7, 11) is 4.45. The highest BCUT2D eigenvalue weighted by atomic mass is 32.2. The Hall–Kier alpha value is -6.53. The van der Waals surface area contributed by atoms with Gasteiger partial charge in [0.15, 0.2) is 11.5 Å². The van der Waals surface area contributed by atoms with E-state index >= 15 is 0 Å². The van der Waals surface area contributed by atoms with Crippen molar-refractivity contribution in [3.63, 3.8) is 0 Å². The van der Waals surface area contributed by atoms with Gasteiger partial charge in [-0.05, 0) is 83.9 Å². The molecule has 5 aromatic carbocycles. The standard InChI is InChI=1S/C40H36N4O7S/c1-49-33-22-25(23-34(50-2)35(33)51-3)21-32(44-38(46)28-13-8-5-9-14-28)39(47)43-30-15-10-16-31(24-30)52-36(26-11-6-4-7-12-26)40(48)42-29-19-17-27(18-20-29)37(41)45/h4-24,36H,1-3H3,(H2,41,45)(H,42,48)(H,43,47)(H,44,46)/b32-21+. The molecule has 0 saturated carbocycles. The van der Waals surface area contributed by atoms with Gasteiger partial charge in [0.05, 0.1) is 21.3 Å². The molecule has 11 nitrogen and oxygen atoms in total. The van der Waals surface area contributed by atoms with Gasteiger partial charge in [0.1, 0.15) is 10.9 Å². The van der Waals surface area contributed by atoms with E-state index in [0.29, 0.717) is 50.2 Å². The molecule has 5 N–H and O–H groups in total. The van der Waals surface area contributed by atoms with E-state index in [4.69, 9.17) is 19.9 Å². The first-order chi connectivity index (χ1) is 25.2. The fraction of sp³-hybridized carbons (Fsp3) is 0.100. The van der Waals surface area contributed by atoms with Gasteiger partial charge < -0.3 is 35.9 Å². The molecule has 4 amide bonds. The van der Waals surface area contributed by atoms with Crippen LogP contribution in [-0.2, 0) is 9.59 Å². The highest BCUT2D eigenvalue weighted by molar-refractivity contribution is 8.00. The molecule has 0 radical (unpaired) electrons. The van der Waals surface area contributed by atoms with Crippen molar-refractivity contribution in [3.05, 3.63) is 149 Å². The number of rotatable bonds is 14. The zero-order chi connectivity index (χ0) is 37.0. The highest BCUT2D eigenvalue weighted by Crippen LogP contribution is 2.39. The molecular formula is C40H36N4O7S. The number of nitrogens with one attached hydrogen (secondary N) is 3. The Labute approximate surface area is 305 Å². The number of ether oxygens (including phenoxy) is 3. The van der Waals surface area contributed by atoms with Crippen molar-refractivity contribution in [2.45, 2.75) is 10.1 Å². The van der Waals surface area contributed by atoms with Crippen LogP contribution in [0.1, 0.15) is 37.1 Å². The number of amides is 4. The van der Waals surface area contributed by atoms with E-state index in [1.807, 2.05) is 36.4 Å². The van der Waals surface area contributed by atoms with Gasteiger partial charge in [-0.1, -0.05) is 54.6 Å². The monoisotopic (exact) mass is 716 g/mol. The van der Waals surface area contributed by atoms with Crippen molar-refractivity contribution < 1.29 is 33.4 Å². The van der Waals surface area contributed by atoms with Gasteiger partial charge in [0, 0.05) is 27.4 Å². The minimum atomic E-state index is -0.677. The lowest BCUT2D eigenvalue weighted by molar-refractivity contribution is -0.116. The van der Waals surface area contributed by atoms with Crippen LogP contribution in [0.25, 0.3) is 6.08 Å². The Bertz CT molecular complexity index is 2060. The molecule has 0 aliphatic heterocycles. The lowest BCUT2D eigenvalue weighted by Crippen LogP contribution is -2.30. The second kappa shape index (κ2) is 17.4. The molecule has 0 heterocycles. The number of methoxy groups -OCH3 is 3. The molecule has 0 spiro atoms. The summed E-state index contributed by atoms with van der Waals surface area (Å²) in [5.41, 5.74) is 8.17. The Balaban J connectivity index is 1.42. The van der Waals surface area contributed by atoms with E-state index in [9.17, 15) is 19.2 Å². The molecule has 1 unspecified atom stereocenters. The molecule has 0 bridgehead atoms. The molecule has 0 aliphatic rings. The smallest absolute Gasteiger partial charge is 0.272 e. The first kappa shape index (κ1) is 36.7. The van der Waals surface area contributed by atoms with Crippen LogP contribution in [0.2, 0.25) is 0 Å². The molecule has 0 aromatic heterocycles. The Morgan fingerprint density at radius 1 is 0.673 bits per heavy atom. The number of thioether (sulfide) groups is 1. The molecule has 12 heteroatoms. The van der Waals surface area contributed by atoms with Crippen molar-refractivity contribution in [2.24, 2.45) is 5.73 Å². The van der Waals surface area contributed by atoms with Crippen molar-refractivity contribution in [1.82, 2.24) is 5.32 Å². The summed E-state index contributed by atoms with van der Waals surface area (Å²) in [4.78, 5) is 52.9. The Morgan fingerprint density at radius 3 is 1.90 bits per heavy atom. The van der Waals surface area contributed by atoms with Gasteiger partial charge in [-0.15, -0.1) is 11.8 Å². The van der Waals surface area contributed by atoms with Crippen LogP contribution < -0.4 is 35.9 Å². The zero-order valence-corrected chi connectivity index (χ0v) is 29.4. The van der Waals surface area contributed by atoms with Crippen LogP contribution in [0, 0.1) is 0 Å². The average molecular weight is 717 g/mol. The van der Waals surface area contributed by atoms with Crippen molar-refractivity contribution >= 4 is 52.8 Å². The molecule has 264 valence electrons. The second-order valence-electron chi connectivity index (χ2n) is 11.2. The SMILES string of the molecule is COc1cc(/C=C(/NC(=O)c2ccccc2)C(=O)Nc2cccc(SC(C(=O)Nc3ccc(C(N)=O)cc3)c3ccccc3)c2)cc(OC)c1OC. The van der Waals surface area contributed by atoms with Gasteiger partial charge in [-0.2, -0.15) is 0 Å². The summed E-state index contributed by atoms with van der Waals surface area (Å²) in [5.74, 6) is -0.837. The van der Waals surface area contributed by atoms with Gasteiger partial charge in [0.25, 0.3) is 11.8 Å². The van der Waals surface area contributed by atoms with Crippen LogP contribution in [0.3, 0.4) is 0 Å². The summed E-state index contributed by atoms with van der Waals surface area (Å²) in [6, 6.07) is 34.4. The van der Waals surface area contributed by atoms with Crippen molar-refractivity contribution in [1.29, 1.82) is 0 Å². The summed E-state index contributed by atoms with van der Waals surface area (Å²) < 4.78 is 16.4. The van der Waals surface area contributed by atoms with Gasteiger partial charge in [0.2, 0.25) is 17.6 Å². The Morgan fingerprint density at radius 2 is 1.31 bits per heavy atom. The van der Waals surface area contributed by atoms with Crippen LogP contribution in [0.5, 0.6) is 17.2 Å². The zero-order valence-electron chi connectivity index (χ0n) is 28.5. The van der Waals surface area contributed by atoms with E-state index in [2.05, 4.69) is 16.0 Å². The van der Waals surface area contributed by atoms with Crippen LogP contribution >= 0.6 is 11.8 Å². The van der Waals surface area contributed by atoms with Crippen molar-refractivity contribution in [2.75, 3.05) is 32.0 Å². The minimum absolute atomic E-state index is 0.0509. The minimum Gasteiger partial charge on any atom is -0.493 e. The number of nitrogens with two attached hydrogens (primary N) is 1. The Kier molecular flexibility index (Phi) is 12.3. The average Bonchev–Trinajstić information content (AvgIpc) is 3.17. The fourth-order valence-electron chi connectivity index (χ4n) is 5.10. The topological polar surface area (TPSA) is 158 Å². The lowest BCUT2D eigenvalue weighted by Gasteiger charge is -2.18. The first-order valence-electron chi connectivity index (χ1n) is 15.9. The largest absolute Gasteiger partial charge is 0.493 e. The van der Waals surface area contributed by atoms with Gasteiger partial charge >= 0.3 is 0 Å². The third-order valence-electron chi connectivity index (χ3n) is 7.65. The summed E-state index contributed by atoms with van der Waals surface area (Å²) in [6.45, 7) is 0. The molecule has 52 heavy (non-hydrogen) atoms. The maximum atomic E-state index is 13.9. The second-order valence-corrected chi connectivity index (χ2v) is 12.3. The normalized spacial score (nSPS) is 11.5. The maximum Gasteiger partial charge on any atom is 0.272 e. The molecule has 0 saturated heterocycles. The van der Waals surface area contributed by atoms with Crippen LogP contribution in [-0.4, -0.2) is 45.0 Å². The van der Waals surface area contributed by atoms with E-state index in [-0.39, 0.29) is 11.6 Å². The number of carbonyl (C=O) groups is 4. The number of primary amides is 1. The highest BCUT2D eigenvalue weighted by Gasteiger charge is 2.23. The van der Waals surface area contributed by atoms with E-state index in [0.717, 1.165) is 5.56 Å². The molecule has 0 fully saturated rings. The fourth-order valence-corrected chi connectivity index (χ4v) is 6.19. The quantitative estimate of drug-likeness (QED) is 0.0731. The van der Waals surface area contributed by atoms with E-state index in [1.165, 1.54) is 39.2 Å². The lowest BCUT2D eigenvalue weighted by atomic mass is 10.1. The van der Waals surface area contributed by atoms with Gasteiger partial charge in [-0.3, -0.25) is 19.2 Å². The molecule has 1 atom stereocenters. The number of hydrogen-bond acceptors (Lipinski definition) is 8. The predicted octanol–water partition coefficient (Wildman–Crippen LogP) is 6.69. The molecule has 5 aromatic rings. The number of hydrogen-bond donors (Lipinski definition) is 4. The van der Waals surface area contributed by atoms with Gasteiger partial charge in [-0.25, -0.2) is 0 Å². The van der Waals surface area contributed by atoms with Crippen LogP contribution in [0.4, 0.5) is 11.4 Å². The first-order valence-corrected chi connectivity index (χ1v) is 16.8. The number of benzene rings is 5.